The first-order valence-corrected chi connectivity index (χ1v) is 11.7. The quantitative estimate of drug-likeness (QED) is 0.284. The number of thiophene rings is 1. The highest BCUT2D eigenvalue weighted by Gasteiger charge is 2.19. The maximum Gasteiger partial charge on any atom is 0.191 e. The lowest BCUT2D eigenvalue weighted by Gasteiger charge is -2.30. The molecule has 1 aromatic rings. The molecule has 0 fully saturated rings. The van der Waals surface area contributed by atoms with Crippen molar-refractivity contribution in [3.63, 3.8) is 0 Å². The van der Waals surface area contributed by atoms with E-state index < -0.39 is 9.84 Å². The van der Waals surface area contributed by atoms with E-state index in [4.69, 9.17) is 0 Å². The van der Waals surface area contributed by atoms with Crippen molar-refractivity contribution in [1.29, 1.82) is 0 Å². The van der Waals surface area contributed by atoms with E-state index in [0.717, 1.165) is 19.6 Å². The van der Waals surface area contributed by atoms with Gasteiger partial charge in [0.1, 0.15) is 9.84 Å². The summed E-state index contributed by atoms with van der Waals surface area (Å²) in [5.74, 6) is 0.878. The van der Waals surface area contributed by atoms with Gasteiger partial charge in [0, 0.05) is 25.9 Å². The van der Waals surface area contributed by atoms with Gasteiger partial charge in [-0.25, -0.2) is 8.42 Å². The van der Waals surface area contributed by atoms with Gasteiger partial charge in [0.25, 0.3) is 0 Å². The van der Waals surface area contributed by atoms with Gasteiger partial charge in [-0.05, 0) is 48.8 Å². The van der Waals surface area contributed by atoms with Crippen LogP contribution in [0.4, 0.5) is 0 Å². The molecule has 26 heavy (non-hydrogen) atoms. The van der Waals surface area contributed by atoms with Crippen molar-refractivity contribution in [1.82, 2.24) is 15.5 Å². The number of nitrogens with one attached hydrogen (secondary N) is 2. The van der Waals surface area contributed by atoms with Crippen LogP contribution in [0.1, 0.15) is 38.8 Å². The summed E-state index contributed by atoms with van der Waals surface area (Å²) in [7, 11) is -1.21. The van der Waals surface area contributed by atoms with E-state index >= 15 is 0 Å². The SMILES string of the molecule is CCN(CC)C(CNC(=NC)NC(C)CCS(C)(=O)=O)c1ccsc1.I. The number of guanidine groups is 1. The Bertz CT molecular complexity index is 617. The minimum atomic E-state index is -2.94. The Kier molecular flexibility index (Phi) is 12.7. The van der Waals surface area contributed by atoms with Gasteiger partial charge in [0.15, 0.2) is 5.96 Å². The molecular weight excluding hydrogens is 483 g/mol. The van der Waals surface area contributed by atoms with Gasteiger partial charge in [-0.3, -0.25) is 9.89 Å². The Morgan fingerprint density at radius 2 is 2.00 bits per heavy atom. The molecule has 0 saturated heterocycles. The van der Waals surface area contributed by atoms with Crippen molar-refractivity contribution < 1.29 is 8.42 Å². The van der Waals surface area contributed by atoms with Crippen LogP contribution in [0.2, 0.25) is 0 Å². The molecule has 0 bridgehead atoms. The third kappa shape index (κ3) is 9.52. The number of hydrogen-bond acceptors (Lipinski definition) is 5. The van der Waals surface area contributed by atoms with Crippen LogP contribution in [0.5, 0.6) is 0 Å². The molecule has 1 aromatic heterocycles. The second-order valence-electron chi connectivity index (χ2n) is 6.21. The van der Waals surface area contributed by atoms with E-state index in [1.165, 1.54) is 11.8 Å². The number of rotatable bonds is 10. The van der Waals surface area contributed by atoms with E-state index in [1.54, 1.807) is 18.4 Å². The third-order valence-electron chi connectivity index (χ3n) is 4.17. The van der Waals surface area contributed by atoms with Crippen LogP contribution in [0, 0.1) is 0 Å². The zero-order valence-electron chi connectivity index (χ0n) is 16.4. The van der Waals surface area contributed by atoms with Crippen molar-refractivity contribution in [3.05, 3.63) is 22.4 Å². The van der Waals surface area contributed by atoms with Crippen LogP contribution in [0.3, 0.4) is 0 Å². The van der Waals surface area contributed by atoms with Gasteiger partial charge >= 0.3 is 0 Å². The number of nitrogens with zero attached hydrogens (tertiary/aromatic N) is 2. The van der Waals surface area contributed by atoms with Gasteiger partial charge in [-0.2, -0.15) is 11.3 Å². The average Bonchev–Trinajstić information content (AvgIpc) is 3.09. The molecule has 0 aromatic carbocycles. The van der Waals surface area contributed by atoms with Gasteiger partial charge in [-0.15, -0.1) is 24.0 Å². The molecule has 0 spiro atoms. The topological polar surface area (TPSA) is 73.8 Å². The standard InChI is InChI=1S/C17H32N4O2S2.HI/c1-6-21(7-2)16(15-8-10-24-13-15)12-19-17(18-4)20-14(3)9-11-25(5,22)23;/h8,10,13-14,16H,6-7,9,11-12H2,1-5H3,(H2,18,19,20);1H. The minimum Gasteiger partial charge on any atom is -0.354 e. The average molecular weight is 517 g/mol. The van der Waals surface area contributed by atoms with Gasteiger partial charge < -0.3 is 10.6 Å². The van der Waals surface area contributed by atoms with Crippen molar-refractivity contribution in [2.24, 2.45) is 4.99 Å². The zero-order chi connectivity index (χ0) is 18.9. The number of likely N-dealkylation sites (N-methyl/N-ethyl adjacent to an activating group) is 1. The predicted molar refractivity (Wildman–Crippen MR) is 124 cm³/mol. The predicted octanol–water partition coefficient (Wildman–Crippen LogP) is 2.74. The van der Waals surface area contributed by atoms with Crippen LogP contribution in [-0.2, 0) is 9.84 Å². The van der Waals surface area contributed by atoms with Crippen molar-refractivity contribution in [2.75, 3.05) is 38.7 Å². The summed E-state index contributed by atoms with van der Waals surface area (Å²) in [6.45, 7) is 9.02. The highest BCUT2D eigenvalue weighted by Crippen LogP contribution is 2.22. The largest absolute Gasteiger partial charge is 0.354 e. The Morgan fingerprint density at radius 1 is 1.35 bits per heavy atom. The summed E-state index contributed by atoms with van der Waals surface area (Å²) in [5, 5.41) is 11.0. The molecule has 0 aliphatic carbocycles. The van der Waals surface area contributed by atoms with E-state index in [-0.39, 0.29) is 41.8 Å². The molecule has 1 heterocycles. The molecule has 0 saturated carbocycles. The van der Waals surface area contributed by atoms with Gasteiger partial charge in [-0.1, -0.05) is 13.8 Å². The summed E-state index contributed by atoms with van der Waals surface area (Å²) < 4.78 is 22.6. The minimum absolute atomic E-state index is 0. The first kappa shape index (κ1) is 25.6. The maximum absolute atomic E-state index is 11.3. The fourth-order valence-electron chi connectivity index (χ4n) is 2.67. The first-order chi connectivity index (χ1) is 11.8. The lowest BCUT2D eigenvalue weighted by atomic mass is 10.1. The van der Waals surface area contributed by atoms with E-state index in [0.29, 0.717) is 12.4 Å². The molecule has 1 rings (SSSR count). The maximum atomic E-state index is 11.3. The molecule has 0 aliphatic rings. The first-order valence-electron chi connectivity index (χ1n) is 8.71. The molecule has 0 aliphatic heterocycles. The fraction of sp³-hybridized carbons (Fsp3) is 0.706. The van der Waals surface area contributed by atoms with Crippen molar-refractivity contribution in [2.45, 2.75) is 39.3 Å². The van der Waals surface area contributed by atoms with Gasteiger partial charge in [0.2, 0.25) is 0 Å². The molecule has 0 amide bonds. The normalized spacial score (nSPS) is 14.6. The lowest BCUT2D eigenvalue weighted by molar-refractivity contribution is 0.219. The van der Waals surface area contributed by atoms with Crippen LogP contribution < -0.4 is 10.6 Å². The lowest BCUT2D eigenvalue weighted by Crippen LogP contribution is -2.46. The number of aliphatic imine (C=N–C) groups is 1. The second kappa shape index (κ2) is 12.9. The van der Waals surface area contributed by atoms with Crippen molar-refractivity contribution in [3.8, 4) is 0 Å². The van der Waals surface area contributed by atoms with Gasteiger partial charge in [0.05, 0.1) is 11.8 Å². The smallest absolute Gasteiger partial charge is 0.191 e. The monoisotopic (exact) mass is 516 g/mol. The van der Waals surface area contributed by atoms with Crippen LogP contribution in [-0.4, -0.2) is 64.0 Å². The summed E-state index contributed by atoms with van der Waals surface area (Å²) in [5.41, 5.74) is 1.31. The second-order valence-corrected chi connectivity index (χ2v) is 9.25. The number of hydrogen-bond donors (Lipinski definition) is 2. The summed E-state index contributed by atoms with van der Waals surface area (Å²) in [4.78, 5) is 6.68. The van der Waals surface area contributed by atoms with E-state index in [2.05, 4.69) is 51.2 Å². The highest BCUT2D eigenvalue weighted by molar-refractivity contribution is 14.0. The molecule has 6 nitrogen and oxygen atoms in total. The summed E-state index contributed by atoms with van der Waals surface area (Å²) >= 11 is 1.71. The Morgan fingerprint density at radius 3 is 2.46 bits per heavy atom. The Labute approximate surface area is 179 Å². The van der Waals surface area contributed by atoms with E-state index in [1.807, 2.05) is 6.92 Å². The van der Waals surface area contributed by atoms with E-state index in [9.17, 15) is 8.42 Å². The fourth-order valence-corrected chi connectivity index (χ4v) is 4.16. The van der Waals surface area contributed by atoms with Crippen LogP contribution in [0.25, 0.3) is 0 Å². The Balaban J connectivity index is 0.00000625. The number of halogens is 1. The highest BCUT2D eigenvalue weighted by atomic mass is 127. The molecule has 2 N–H and O–H groups in total. The van der Waals surface area contributed by atoms with Crippen LogP contribution >= 0.6 is 35.3 Å². The Hall–Kier alpha value is -0.390. The zero-order valence-corrected chi connectivity index (χ0v) is 20.3. The number of sulfone groups is 1. The molecule has 2 unspecified atom stereocenters. The molecule has 152 valence electrons. The molecule has 2 atom stereocenters. The van der Waals surface area contributed by atoms with Crippen molar-refractivity contribution >= 4 is 51.1 Å². The molecular formula is C17H33IN4O2S2. The van der Waals surface area contributed by atoms with Crippen LogP contribution in [0.15, 0.2) is 21.8 Å². The summed E-state index contributed by atoms with van der Waals surface area (Å²) in [6.07, 6.45) is 1.83. The third-order valence-corrected chi connectivity index (χ3v) is 5.85. The molecule has 9 heteroatoms. The summed E-state index contributed by atoms with van der Waals surface area (Å²) in [6, 6.07) is 2.49. The molecule has 0 radical (unpaired) electrons.